The normalized spacial score (nSPS) is 11.5. The summed E-state index contributed by atoms with van der Waals surface area (Å²) < 4.78 is 77.6. The van der Waals surface area contributed by atoms with E-state index in [2.05, 4.69) is 15.0 Å². The Morgan fingerprint density at radius 2 is 1.68 bits per heavy atom. The van der Waals surface area contributed by atoms with Crippen LogP contribution in [-0.2, 0) is 22.3 Å². The molecule has 1 heterocycles. The molecule has 1 aromatic heterocycles. The zero-order valence-electron chi connectivity index (χ0n) is 16.7. The molecule has 0 spiro atoms. The van der Waals surface area contributed by atoms with Crippen LogP contribution >= 0.6 is 0 Å². The van der Waals surface area contributed by atoms with Gasteiger partial charge in [0.15, 0.2) is 5.69 Å². The molecule has 0 atom stereocenters. The molecule has 0 bridgehead atoms. The van der Waals surface area contributed by atoms with E-state index in [-0.39, 0.29) is 6.61 Å². The molecule has 0 aliphatic rings. The Kier molecular flexibility index (Phi) is 7.53. The van der Waals surface area contributed by atoms with Crippen molar-refractivity contribution in [3.05, 3.63) is 58.4 Å². The second-order valence-electron chi connectivity index (χ2n) is 6.62. The third-order valence-corrected chi connectivity index (χ3v) is 3.94. The van der Waals surface area contributed by atoms with E-state index in [9.17, 15) is 31.5 Å². The van der Waals surface area contributed by atoms with Gasteiger partial charge in [0, 0.05) is 6.04 Å². The Balaban J connectivity index is 2.74. The number of hydrogen-bond acceptors (Lipinski definition) is 6. The van der Waals surface area contributed by atoms with E-state index in [4.69, 9.17) is 4.74 Å². The van der Waals surface area contributed by atoms with Gasteiger partial charge < -0.3 is 14.8 Å². The van der Waals surface area contributed by atoms with Gasteiger partial charge in [-0.05, 0) is 19.4 Å². The Hall–Kier alpha value is -3.24. The van der Waals surface area contributed by atoms with E-state index in [1.54, 1.807) is 30.3 Å². The third kappa shape index (κ3) is 5.68. The standard InChI is InChI=1S/C20H19F5N2O4/c1-10(2)26-14-12(18(28)30-3)15(17(21)22)27-16(20(23,24)25)13(14)19(29)31-9-11-7-5-4-6-8-11/h4-8,10,17H,9H2,1-3H3,(H,26,27). The Morgan fingerprint density at radius 3 is 2.16 bits per heavy atom. The van der Waals surface area contributed by atoms with Crippen LogP contribution in [-0.4, -0.2) is 30.1 Å². The number of pyridine rings is 1. The van der Waals surface area contributed by atoms with Gasteiger partial charge in [0.1, 0.15) is 23.4 Å². The minimum atomic E-state index is -5.28. The van der Waals surface area contributed by atoms with Crippen LogP contribution in [0.4, 0.5) is 27.6 Å². The first-order valence-corrected chi connectivity index (χ1v) is 8.96. The van der Waals surface area contributed by atoms with Crippen molar-refractivity contribution in [2.45, 2.75) is 39.1 Å². The molecule has 0 aliphatic carbocycles. The number of aromatic nitrogens is 1. The number of nitrogens with one attached hydrogen (secondary N) is 1. The van der Waals surface area contributed by atoms with Crippen molar-refractivity contribution in [3.8, 4) is 0 Å². The van der Waals surface area contributed by atoms with Gasteiger partial charge in [0.25, 0.3) is 6.43 Å². The Labute approximate surface area is 174 Å². The van der Waals surface area contributed by atoms with Gasteiger partial charge in [0.2, 0.25) is 0 Å². The quantitative estimate of drug-likeness (QED) is 0.476. The lowest BCUT2D eigenvalue weighted by Gasteiger charge is -2.22. The number of benzene rings is 1. The highest BCUT2D eigenvalue weighted by atomic mass is 19.4. The van der Waals surface area contributed by atoms with Crippen LogP contribution in [0.1, 0.15) is 57.9 Å². The van der Waals surface area contributed by atoms with Crippen molar-refractivity contribution >= 4 is 17.6 Å². The SMILES string of the molecule is COC(=O)c1c(C(F)F)nc(C(F)(F)F)c(C(=O)OCc2ccccc2)c1NC(C)C. The molecule has 0 saturated heterocycles. The number of esters is 2. The lowest BCUT2D eigenvalue weighted by molar-refractivity contribution is -0.142. The monoisotopic (exact) mass is 446 g/mol. The first-order chi connectivity index (χ1) is 14.5. The fourth-order valence-corrected chi connectivity index (χ4v) is 2.70. The predicted octanol–water partition coefficient (Wildman–Crippen LogP) is 5.00. The second-order valence-corrected chi connectivity index (χ2v) is 6.62. The number of halogens is 5. The van der Waals surface area contributed by atoms with E-state index < -0.39 is 58.8 Å². The van der Waals surface area contributed by atoms with E-state index >= 15 is 0 Å². The molecule has 0 saturated carbocycles. The number of nitrogens with zero attached hydrogens (tertiary/aromatic N) is 1. The molecular weight excluding hydrogens is 427 g/mol. The summed E-state index contributed by atoms with van der Waals surface area (Å²) in [5.74, 6) is -2.87. The summed E-state index contributed by atoms with van der Waals surface area (Å²) in [4.78, 5) is 27.8. The maximum absolute atomic E-state index is 13.7. The van der Waals surface area contributed by atoms with Crippen molar-refractivity contribution < 1.29 is 41.0 Å². The predicted molar refractivity (Wildman–Crippen MR) is 99.9 cm³/mol. The number of anilines is 1. The van der Waals surface area contributed by atoms with Crippen molar-refractivity contribution in [1.82, 2.24) is 4.98 Å². The number of carbonyl (C=O) groups excluding carboxylic acids is 2. The van der Waals surface area contributed by atoms with E-state index in [0.29, 0.717) is 5.56 Å². The molecule has 1 aromatic carbocycles. The van der Waals surface area contributed by atoms with Crippen LogP contribution in [0.3, 0.4) is 0 Å². The first-order valence-electron chi connectivity index (χ1n) is 8.96. The molecule has 1 N–H and O–H groups in total. The summed E-state index contributed by atoms with van der Waals surface area (Å²) in [7, 11) is 0.863. The number of ether oxygens (including phenoxy) is 2. The lowest BCUT2D eigenvalue weighted by Crippen LogP contribution is -2.26. The first kappa shape index (κ1) is 24.0. The molecule has 31 heavy (non-hydrogen) atoms. The van der Waals surface area contributed by atoms with Crippen molar-refractivity contribution in [1.29, 1.82) is 0 Å². The fraction of sp³-hybridized carbons (Fsp3) is 0.350. The van der Waals surface area contributed by atoms with Crippen LogP contribution in [0, 0.1) is 0 Å². The molecule has 0 unspecified atom stereocenters. The zero-order valence-corrected chi connectivity index (χ0v) is 16.7. The smallest absolute Gasteiger partial charge is 0.434 e. The van der Waals surface area contributed by atoms with Crippen molar-refractivity contribution in [3.63, 3.8) is 0 Å². The number of carbonyl (C=O) groups is 2. The average molecular weight is 446 g/mol. The highest BCUT2D eigenvalue weighted by Gasteiger charge is 2.43. The van der Waals surface area contributed by atoms with E-state index in [1.807, 2.05) is 0 Å². The Bertz CT molecular complexity index is 947. The van der Waals surface area contributed by atoms with Gasteiger partial charge >= 0.3 is 18.1 Å². The summed E-state index contributed by atoms with van der Waals surface area (Å²) in [5, 5.41) is 2.47. The van der Waals surface area contributed by atoms with E-state index in [0.717, 1.165) is 7.11 Å². The summed E-state index contributed by atoms with van der Waals surface area (Å²) in [5.41, 5.74) is -5.79. The van der Waals surface area contributed by atoms with Gasteiger partial charge in [0.05, 0.1) is 12.8 Å². The summed E-state index contributed by atoms with van der Waals surface area (Å²) >= 11 is 0. The highest BCUT2D eigenvalue weighted by Crippen LogP contribution is 2.40. The molecule has 0 aliphatic heterocycles. The van der Waals surface area contributed by atoms with Crippen LogP contribution < -0.4 is 5.32 Å². The third-order valence-electron chi connectivity index (χ3n) is 3.94. The molecular formula is C20H19F5N2O4. The van der Waals surface area contributed by atoms with Gasteiger partial charge in [-0.25, -0.2) is 23.4 Å². The largest absolute Gasteiger partial charge is 0.465 e. The molecule has 2 rings (SSSR count). The highest BCUT2D eigenvalue weighted by molar-refractivity contribution is 6.06. The van der Waals surface area contributed by atoms with Crippen LogP contribution in [0.15, 0.2) is 30.3 Å². The van der Waals surface area contributed by atoms with Crippen molar-refractivity contribution in [2.24, 2.45) is 0 Å². The molecule has 11 heteroatoms. The molecule has 168 valence electrons. The minimum Gasteiger partial charge on any atom is -0.465 e. The maximum Gasteiger partial charge on any atom is 0.434 e. The Morgan fingerprint density at radius 1 is 1.06 bits per heavy atom. The van der Waals surface area contributed by atoms with Crippen LogP contribution in [0.25, 0.3) is 0 Å². The molecule has 0 fully saturated rings. The average Bonchev–Trinajstić information content (AvgIpc) is 2.70. The number of hydrogen-bond donors (Lipinski definition) is 1. The van der Waals surface area contributed by atoms with Crippen LogP contribution in [0.5, 0.6) is 0 Å². The fourth-order valence-electron chi connectivity index (χ4n) is 2.70. The lowest BCUT2D eigenvalue weighted by atomic mass is 10.0. The van der Waals surface area contributed by atoms with Crippen LogP contribution in [0.2, 0.25) is 0 Å². The number of rotatable bonds is 7. The maximum atomic E-state index is 13.7. The van der Waals surface area contributed by atoms with Gasteiger partial charge in [-0.2, -0.15) is 13.2 Å². The molecule has 6 nitrogen and oxygen atoms in total. The minimum absolute atomic E-state index is 0.387. The summed E-state index contributed by atoms with van der Waals surface area (Å²) in [6.45, 7) is 2.58. The number of alkyl halides is 5. The molecule has 2 aromatic rings. The zero-order chi connectivity index (χ0) is 23.3. The van der Waals surface area contributed by atoms with Gasteiger partial charge in [-0.15, -0.1) is 0 Å². The number of methoxy groups -OCH3 is 1. The topological polar surface area (TPSA) is 77.5 Å². The molecule has 0 amide bonds. The summed E-state index contributed by atoms with van der Waals surface area (Å²) in [6.07, 6.45) is -8.83. The van der Waals surface area contributed by atoms with Gasteiger partial charge in [-0.1, -0.05) is 30.3 Å². The second kappa shape index (κ2) is 9.71. The molecule has 0 radical (unpaired) electrons. The van der Waals surface area contributed by atoms with Crippen molar-refractivity contribution in [2.75, 3.05) is 12.4 Å². The van der Waals surface area contributed by atoms with Gasteiger partial charge in [-0.3, -0.25) is 0 Å². The van der Waals surface area contributed by atoms with E-state index in [1.165, 1.54) is 13.8 Å². The summed E-state index contributed by atoms with van der Waals surface area (Å²) in [6, 6.07) is 7.45.